The fraction of sp³-hybridized carbons (Fsp3) is 0.522. The van der Waals surface area contributed by atoms with Crippen LogP contribution in [0.3, 0.4) is 0 Å². The second-order valence-electron chi connectivity index (χ2n) is 8.39. The van der Waals surface area contributed by atoms with Crippen molar-refractivity contribution in [3.05, 3.63) is 41.0 Å². The van der Waals surface area contributed by atoms with Crippen LogP contribution in [0.2, 0.25) is 5.02 Å². The van der Waals surface area contributed by atoms with Gasteiger partial charge < -0.3 is 19.3 Å². The van der Waals surface area contributed by atoms with Gasteiger partial charge in [0.15, 0.2) is 5.82 Å². The molecule has 30 heavy (non-hydrogen) atoms. The molecule has 4 rings (SSSR count). The van der Waals surface area contributed by atoms with Gasteiger partial charge in [-0.05, 0) is 43.4 Å². The molecule has 0 bridgehead atoms. The highest BCUT2D eigenvalue weighted by Gasteiger charge is 2.28. The lowest BCUT2D eigenvalue weighted by molar-refractivity contribution is -0.117. The Kier molecular flexibility index (Phi) is 6.42. The van der Waals surface area contributed by atoms with Crippen LogP contribution in [-0.4, -0.2) is 48.0 Å². The van der Waals surface area contributed by atoms with Crippen molar-refractivity contribution in [2.75, 3.05) is 36.0 Å². The zero-order valence-corrected chi connectivity index (χ0v) is 18.4. The molecule has 1 aromatic heterocycles. The largest absolute Gasteiger partial charge is 0.489 e. The molecule has 0 amide bonds. The topological polar surface area (TPSA) is 58.6 Å². The fourth-order valence-electron chi connectivity index (χ4n) is 4.27. The van der Waals surface area contributed by atoms with Crippen molar-refractivity contribution in [1.82, 2.24) is 9.97 Å². The standard InChI is InChI=1S/C23H29ClN4O2/c1-16(13-17(2)29)18-5-7-19(8-6-18)30-20-9-12-28(15-20)22-21(24)14-25-23(26-22)27-10-3-4-11-27/h5-8,14,16,20H,3-4,9-13,15H2,1-2H3/t16-,20-/m1/s1. The molecular formula is C23H29ClN4O2. The summed E-state index contributed by atoms with van der Waals surface area (Å²) in [5.74, 6) is 2.86. The molecular weight excluding hydrogens is 400 g/mol. The number of carbonyl (C=O) groups excluding carboxylic acids is 1. The Morgan fingerprint density at radius 3 is 2.63 bits per heavy atom. The van der Waals surface area contributed by atoms with Crippen molar-refractivity contribution in [2.24, 2.45) is 0 Å². The predicted molar refractivity (Wildman–Crippen MR) is 120 cm³/mol. The molecule has 0 spiro atoms. The van der Waals surface area contributed by atoms with Crippen LogP contribution < -0.4 is 14.5 Å². The van der Waals surface area contributed by atoms with Crippen LogP contribution in [0.5, 0.6) is 5.75 Å². The van der Waals surface area contributed by atoms with Crippen LogP contribution in [0.15, 0.2) is 30.5 Å². The lowest BCUT2D eigenvalue weighted by Gasteiger charge is -2.22. The van der Waals surface area contributed by atoms with Crippen LogP contribution in [0.4, 0.5) is 11.8 Å². The maximum atomic E-state index is 11.3. The van der Waals surface area contributed by atoms with E-state index in [9.17, 15) is 4.79 Å². The monoisotopic (exact) mass is 428 g/mol. The Bertz CT molecular complexity index is 883. The summed E-state index contributed by atoms with van der Waals surface area (Å²) in [6.45, 7) is 7.33. The average Bonchev–Trinajstić information content (AvgIpc) is 3.41. The van der Waals surface area contributed by atoms with E-state index in [1.807, 2.05) is 12.1 Å². The van der Waals surface area contributed by atoms with Gasteiger partial charge in [0.2, 0.25) is 5.95 Å². The van der Waals surface area contributed by atoms with Crippen LogP contribution in [0.25, 0.3) is 0 Å². The van der Waals surface area contributed by atoms with E-state index in [4.69, 9.17) is 21.3 Å². The quantitative estimate of drug-likeness (QED) is 0.648. The molecule has 0 unspecified atom stereocenters. The first-order valence-corrected chi connectivity index (χ1v) is 11.2. The number of ether oxygens (including phenoxy) is 1. The van der Waals surface area contributed by atoms with Gasteiger partial charge in [-0.1, -0.05) is 30.7 Å². The van der Waals surface area contributed by atoms with Gasteiger partial charge in [-0.25, -0.2) is 4.98 Å². The third kappa shape index (κ3) is 4.86. The number of rotatable bonds is 7. The van der Waals surface area contributed by atoms with E-state index in [1.54, 1.807) is 13.1 Å². The zero-order chi connectivity index (χ0) is 21.1. The summed E-state index contributed by atoms with van der Waals surface area (Å²) >= 11 is 6.42. The van der Waals surface area contributed by atoms with Crippen molar-refractivity contribution in [3.63, 3.8) is 0 Å². The van der Waals surface area contributed by atoms with Crippen molar-refractivity contribution in [2.45, 2.75) is 51.6 Å². The molecule has 0 N–H and O–H groups in total. The number of benzene rings is 1. The van der Waals surface area contributed by atoms with Crippen molar-refractivity contribution in [3.8, 4) is 5.75 Å². The molecule has 2 aliphatic heterocycles. The van der Waals surface area contributed by atoms with Gasteiger partial charge >= 0.3 is 0 Å². The minimum atomic E-state index is 0.0896. The SMILES string of the molecule is CC(=O)C[C@@H](C)c1ccc(O[C@@H]2CCN(c3nc(N4CCCC4)ncc3Cl)C2)cc1. The van der Waals surface area contributed by atoms with Crippen LogP contribution in [0, 0.1) is 0 Å². The summed E-state index contributed by atoms with van der Waals surface area (Å²) in [5.41, 5.74) is 1.16. The van der Waals surface area contributed by atoms with Gasteiger partial charge in [-0.2, -0.15) is 4.98 Å². The zero-order valence-electron chi connectivity index (χ0n) is 17.7. The molecule has 2 atom stereocenters. The normalized spacial score (nSPS) is 19.9. The van der Waals surface area contributed by atoms with E-state index in [-0.39, 0.29) is 17.8 Å². The van der Waals surface area contributed by atoms with E-state index < -0.39 is 0 Å². The van der Waals surface area contributed by atoms with E-state index >= 15 is 0 Å². The van der Waals surface area contributed by atoms with E-state index in [1.165, 1.54) is 12.8 Å². The lowest BCUT2D eigenvalue weighted by atomic mass is 9.96. The van der Waals surface area contributed by atoms with Gasteiger partial charge in [0.25, 0.3) is 0 Å². The molecule has 3 heterocycles. The third-order valence-electron chi connectivity index (χ3n) is 5.89. The van der Waals surface area contributed by atoms with Gasteiger partial charge in [0.05, 0.1) is 12.7 Å². The molecule has 0 saturated carbocycles. The van der Waals surface area contributed by atoms with E-state index in [0.717, 1.165) is 55.7 Å². The second kappa shape index (κ2) is 9.21. The molecule has 2 aliphatic rings. The number of hydrogen-bond donors (Lipinski definition) is 0. The molecule has 2 fully saturated rings. The van der Waals surface area contributed by atoms with Crippen molar-refractivity contribution >= 4 is 29.2 Å². The molecule has 160 valence electrons. The molecule has 0 aliphatic carbocycles. The number of aromatic nitrogens is 2. The molecule has 6 nitrogen and oxygen atoms in total. The Labute approximate surface area is 183 Å². The summed E-state index contributed by atoms with van der Waals surface area (Å²) in [6.07, 6.45) is 5.66. The van der Waals surface area contributed by atoms with E-state index in [2.05, 4.69) is 33.8 Å². The summed E-state index contributed by atoms with van der Waals surface area (Å²) in [6, 6.07) is 8.11. The third-order valence-corrected chi connectivity index (χ3v) is 6.16. The van der Waals surface area contributed by atoms with Gasteiger partial charge in [0, 0.05) is 32.5 Å². The maximum Gasteiger partial charge on any atom is 0.227 e. The van der Waals surface area contributed by atoms with Crippen molar-refractivity contribution in [1.29, 1.82) is 0 Å². The molecule has 0 radical (unpaired) electrons. The molecule has 2 aromatic rings. The maximum absolute atomic E-state index is 11.3. The first kappa shape index (κ1) is 20.9. The lowest BCUT2D eigenvalue weighted by Crippen LogP contribution is -2.27. The first-order valence-electron chi connectivity index (χ1n) is 10.8. The number of halogens is 1. The highest BCUT2D eigenvalue weighted by Crippen LogP contribution is 2.30. The molecule has 7 heteroatoms. The van der Waals surface area contributed by atoms with Gasteiger partial charge in [-0.15, -0.1) is 0 Å². The van der Waals surface area contributed by atoms with Crippen molar-refractivity contribution < 1.29 is 9.53 Å². The second-order valence-corrected chi connectivity index (χ2v) is 8.79. The summed E-state index contributed by atoms with van der Waals surface area (Å²) in [7, 11) is 0. The average molecular weight is 429 g/mol. The van der Waals surface area contributed by atoms with Gasteiger partial charge in [0.1, 0.15) is 22.7 Å². The number of nitrogens with zero attached hydrogens (tertiary/aromatic N) is 4. The number of hydrogen-bond acceptors (Lipinski definition) is 6. The highest BCUT2D eigenvalue weighted by atomic mass is 35.5. The van der Waals surface area contributed by atoms with E-state index in [0.29, 0.717) is 11.4 Å². The minimum absolute atomic E-state index is 0.0896. The Hall–Kier alpha value is -2.34. The first-order chi connectivity index (χ1) is 14.5. The van der Waals surface area contributed by atoms with Gasteiger partial charge in [-0.3, -0.25) is 0 Å². The number of ketones is 1. The Balaban J connectivity index is 1.38. The summed E-state index contributed by atoms with van der Waals surface area (Å²) < 4.78 is 6.21. The fourth-order valence-corrected chi connectivity index (χ4v) is 4.48. The molecule has 2 saturated heterocycles. The molecule has 1 aromatic carbocycles. The van der Waals surface area contributed by atoms with Crippen LogP contribution in [0.1, 0.15) is 51.0 Å². The predicted octanol–water partition coefficient (Wildman–Crippen LogP) is 4.47. The summed E-state index contributed by atoms with van der Waals surface area (Å²) in [5, 5.41) is 0.586. The minimum Gasteiger partial charge on any atom is -0.489 e. The Morgan fingerprint density at radius 1 is 1.20 bits per heavy atom. The number of carbonyl (C=O) groups is 1. The number of Topliss-reactive ketones (excluding diaryl/α,β-unsaturated/α-hetero) is 1. The van der Waals surface area contributed by atoms with Crippen LogP contribution >= 0.6 is 11.6 Å². The van der Waals surface area contributed by atoms with Crippen LogP contribution in [-0.2, 0) is 4.79 Å². The summed E-state index contributed by atoms with van der Waals surface area (Å²) in [4.78, 5) is 24.9. The highest BCUT2D eigenvalue weighted by molar-refractivity contribution is 6.32. The number of anilines is 2. The Morgan fingerprint density at radius 2 is 1.93 bits per heavy atom. The smallest absolute Gasteiger partial charge is 0.227 e.